The molecule has 2 atom stereocenters. The van der Waals surface area contributed by atoms with Crippen LogP contribution in [0.15, 0.2) is 41.4 Å². The fourth-order valence-corrected chi connectivity index (χ4v) is 7.03. The summed E-state index contributed by atoms with van der Waals surface area (Å²) in [5.41, 5.74) is 8.41. The third-order valence-electron chi connectivity index (χ3n) is 9.71. The van der Waals surface area contributed by atoms with Gasteiger partial charge in [0.1, 0.15) is 5.82 Å². The van der Waals surface area contributed by atoms with E-state index in [1.165, 1.54) is 53.8 Å². The second-order valence-corrected chi connectivity index (χ2v) is 13.0. The van der Waals surface area contributed by atoms with Crippen LogP contribution in [0.25, 0.3) is 5.57 Å². The number of halogens is 1. The number of allylic oxidation sites excluding steroid dienone is 5. The number of aliphatic imine (C=N–C) groups is 1. The predicted molar refractivity (Wildman–Crippen MR) is 169 cm³/mol. The zero-order chi connectivity index (χ0) is 28.2. The minimum atomic E-state index is 0.0666. The number of anilines is 1. The molecule has 1 saturated carbocycles. The van der Waals surface area contributed by atoms with Gasteiger partial charge in [0.15, 0.2) is 0 Å². The van der Waals surface area contributed by atoms with Crippen LogP contribution < -0.4 is 4.90 Å². The van der Waals surface area contributed by atoms with Crippen LogP contribution in [0.4, 0.5) is 10.1 Å². The SMILES string of the molecule is C=CC(CC(C)CCC)C(CC1(CC)CN(c2cc(C3CC3)c(C3=CC=C(C)CC3)c(F)c2CCC)C1)=NC. The Labute approximate surface area is 238 Å². The van der Waals surface area contributed by atoms with Gasteiger partial charge in [0, 0.05) is 54.0 Å². The Morgan fingerprint density at radius 3 is 2.46 bits per heavy atom. The minimum absolute atomic E-state index is 0.0666. The molecule has 0 N–H and O–H groups in total. The third kappa shape index (κ3) is 6.60. The van der Waals surface area contributed by atoms with E-state index >= 15 is 4.39 Å². The monoisotopic (exact) mass is 532 g/mol. The highest BCUT2D eigenvalue weighted by molar-refractivity contribution is 5.89. The Balaban J connectivity index is 1.60. The molecule has 2 unspecified atom stereocenters. The van der Waals surface area contributed by atoms with E-state index < -0.39 is 0 Å². The molecule has 0 amide bonds. The highest BCUT2D eigenvalue weighted by Gasteiger charge is 2.44. The van der Waals surface area contributed by atoms with Crippen molar-refractivity contribution in [2.24, 2.45) is 22.2 Å². The van der Waals surface area contributed by atoms with Gasteiger partial charge in [0.2, 0.25) is 0 Å². The average Bonchev–Trinajstić information content (AvgIpc) is 3.75. The van der Waals surface area contributed by atoms with Crippen LogP contribution >= 0.6 is 0 Å². The summed E-state index contributed by atoms with van der Waals surface area (Å²) in [7, 11) is 1.96. The minimum Gasteiger partial charge on any atom is -0.370 e. The summed E-state index contributed by atoms with van der Waals surface area (Å²) in [5, 5.41) is 0. The Bertz CT molecular complexity index is 1110. The molecule has 1 aromatic rings. The Kier molecular flexibility index (Phi) is 9.94. The maximum Gasteiger partial charge on any atom is 0.136 e. The summed E-state index contributed by atoms with van der Waals surface area (Å²) in [6.07, 6.45) is 18.4. The van der Waals surface area contributed by atoms with Gasteiger partial charge in [-0.1, -0.05) is 70.8 Å². The molecule has 0 spiro atoms. The molecular formula is C36H53FN2. The molecule has 3 heteroatoms. The van der Waals surface area contributed by atoms with E-state index in [9.17, 15) is 0 Å². The van der Waals surface area contributed by atoms with Crippen molar-refractivity contribution in [2.75, 3.05) is 25.0 Å². The summed E-state index contributed by atoms with van der Waals surface area (Å²) in [6.45, 7) is 17.5. The molecule has 1 aromatic carbocycles. The van der Waals surface area contributed by atoms with Crippen LogP contribution in [0, 0.1) is 23.1 Å². The topological polar surface area (TPSA) is 15.6 Å². The van der Waals surface area contributed by atoms with Crippen molar-refractivity contribution in [3.63, 3.8) is 0 Å². The highest BCUT2D eigenvalue weighted by atomic mass is 19.1. The molecular weight excluding hydrogens is 479 g/mol. The highest BCUT2D eigenvalue weighted by Crippen LogP contribution is 2.50. The molecule has 2 aliphatic carbocycles. The van der Waals surface area contributed by atoms with E-state index in [1.54, 1.807) is 0 Å². The van der Waals surface area contributed by atoms with Gasteiger partial charge in [0.25, 0.3) is 0 Å². The molecule has 0 aromatic heterocycles. The lowest BCUT2D eigenvalue weighted by molar-refractivity contribution is 0.211. The molecule has 214 valence electrons. The number of rotatable bonds is 14. The Morgan fingerprint density at radius 1 is 1.18 bits per heavy atom. The first-order valence-electron chi connectivity index (χ1n) is 15.8. The van der Waals surface area contributed by atoms with Crippen LogP contribution in [0.5, 0.6) is 0 Å². The van der Waals surface area contributed by atoms with Gasteiger partial charge in [-0.2, -0.15) is 0 Å². The maximum atomic E-state index is 16.5. The largest absolute Gasteiger partial charge is 0.370 e. The van der Waals surface area contributed by atoms with Crippen molar-refractivity contribution >= 4 is 17.0 Å². The van der Waals surface area contributed by atoms with Gasteiger partial charge < -0.3 is 4.90 Å². The average molecular weight is 533 g/mol. The van der Waals surface area contributed by atoms with Crippen molar-refractivity contribution in [2.45, 2.75) is 111 Å². The van der Waals surface area contributed by atoms with E-state index in [-0.39, 0.29) is 11.2 Å². The number of hydrogen-bond donors (Lipinski definition) is 0. The van der Waals surface area contributed by atoms with E-state index in [1.807, 2.05) is 7.05 Å². The fraction of sp³-hybridized carbons (Fsp3) is 0.639. The normalized spacial score (nSPS) is 20.7. The number of benzene rings is 1. The van der Waals surface area contributed by atoms with E-state index in [4.69, 9.17) is 4.99 Å². The van der Waals surface area contributed by atoms with Gasteiger partial charge in [-0.15, -0.1) is 6.58 Å². The third-order valence-corrected chi connectivity index (χ3v) is 9.71. The van der Waals surface area contributed by atoms with E-state index in [0.717, 1.165) is 69.2 Å². The summed E-state index contributed by atoms with van der Waals surface area (Å²) < 4.78 is 16.5. The smallest absolute Gasteiger partial charge is 0.136 e. The second-order valence-electron chi connectivity index (χ2n) is 13.0. The Hall–Kier alpha value is -2.16. The predicted octanol–water partition coefficient (Wildman–Crippen LogP) is 10.1. The van der Waals surface area contributed by atoms with Crippen molar-refractivity contribution in [3.8, 4) is 0 Å². The molecule has 2 nitrogen and oxygen atoms in total. The summed E-state index contributed by atoms with van der Waals surface area (Å²) >= 11 is 0. The summed E-state index contributed by atoms with van der Waals surface area (Å²) in [4.78, 5) is 7.30. The van der Waals surface area contributed by atoms with Crippen LogP contribution in [-0.4, -0.2) is 25.8 Å². The lowest BCUT2D eigenvalue weighted by atomic mass is 9.70. The zero-order valence-electron chi connectivity index (χ0n) is 25.7. The lowest BCUT2D eigenvalue weighted by Crippen LogP contribution is -2.57. The molecule has 1 saturated heterocycles. The Morgan fingerprint density at radius 2 is 1.92 bits per heavy atom. The summed E-state index contributed by atoms with van der Waals surface area (Å²) in [5.74, 6) is 1.62. The van der Waals surface area contributed by atoms with Gasteiger partial charge >= 0.3 is 0 Å². The van der Waals surface area contributed by atoms with E-state index in [0.29, 0.717) is 17.8 Å². The molecule has 1 heterocycles. The summed E-state index contributed by atoms with van der Waals surface area (Å²) in [6, 6.07) is 2.40. The van der Waals surface area contributed by atoms with Gasteiger partial charge in [0.05, 0.1) is 0 Å². The zero-order valence-corrected chi connectivity index (χ0v) is 25.7. The van der Waals surface area contributed by atoms with Crippen LogP contribution in [0.2, 0.25) is 0 Å². The molecule has 1 aliphatic heterocycles. The van der Waals surface area contributed by atoms with Gasteiger partial charge in [-0.05, 0) is 87.3 Å². The van der Waals surface area contributed by atoms with Crippen molar-refractivity contribution in [3.05, 3.63) is 59.0 Å². The lowest BCUT2D eigenvalue weighted by Gasteiger charge is -2.52. The molecule has 0 radical (unpaired) electrons. The molecule has 39 heavy (non-hydrogen) atoms. The first kappa shape index (κ1) is 29.8. The second kappa shape index (κ2) is 13.0. The van der Waals surface area contributed by atoms with Crippen LogP contribution in [0.1, 0.15) is 121 Å². The molecule has 2 fully saturated rings. The first-order chi connectivity index (χ1) is 18.8. The first-order valence-corrected chi connectivity index (χ1v) is 15.8. The van der Waals surface area contributed by atoms with Crippen molar-refractivity contribution in [1.29, 1.82) is 0 Å². The number of nitrogens with zero attached hydrogens (tertiary/aromatic N) is 2. The van der Waals surface area contributed by atoms with Crippen molar-refractivity contribution < 1.29 is 4.39 Å². The van der Waals surface area contributed by atoms with Crippen molar-refractivity contribution in [1.82, 2.24) is 0 Å². The standard InChI is InChI=1S/C36H53FN2/c1-8-12-26(6)20-27(10-3)32(38-7)22-36(11-4)23-39(24-36)33-21-31(28-18-19-28)34(35(37)30(33)13-9-2)29-16-14-25(5)15-17-29/h10,14,16,21,26-28H,3,8-9,11-13,15,17-20,22-24H2,1-2,4-7H3. The molecule has 4 rings (SSSR count). The number of hydrogen-bond acceptors (Lipinski definition) is 2. The van der Waals surface area contributed by atoms with Crippen LogP contribution in [0.3, 0.4) is 0 Å². The maximum absolute atomic E-state index is 16.5. The quantitative estimate of drug-likeness (QED) is 0.172. The van der Waals surface area contributed by atoms with Gasteiger partial charge in [-0.25, -0.2) is 4.39 Å². The fourth-order valence-electron chi connectivity index (χ4n) is 7.03. The van der Waals surface area contributed by atoms with Gasteiger partial charge in [-0.3, -0.25) is 4.99 Å². The molecule has 0 bridgehead atoms. The molecule has 3 aliphatic rings. The van der Waals surface area contributed by atoms with Crippen LogP contribution in [-0.2, 0) is 6.42 Å². The van der Waals surface area contributed by atoms with E-state index in [2.05, 4.69) is 70.4 Å².